The van der Waals surface area contributed by atoms with Crippen molar-refractivity contribution in [3.63, 3.8) is 0 Å². The van der Waals surface area contributed by atoms with Crippen molar-refractivity contribution in [3.8, 4) is 0 Å². The van der Waals surface area contributed by atoms with Crippen LogP contribution in [0.25, 0.3) is 0 Å². The molecule has 0 heterocycles. The molecular weight excluding hydrogens is 269 g/mol. The number of benzene rings is 1. The minimum Gasteiger partial charge on any atom is -0.396 e. The zero-order valence-electron chi connectivity index (χ0n) is 11.0. The summed E-state index contributed by atoms with van der Waals surface area (Å²) in [7, 11) is 0. The van der Waals surface area contributed by atoms with Gasteiger partial charge in [0.15, 0.2) is 0 Å². The van der Waals surface area contributed by atoms with E-state index >= 15 is 0 Å². The first-order valence-electron chi connectivity index (χ1n) is 6.44. The highest BCUT2D eigenvalue weighted by molar-refractivity contribution is 6.41. The molecule has 0 saturated carbocycles. The van der Waals surface area contributed by atoms with Gasteiger partial charge in [0.1, 0.15) is 0 Å². The van der Waals surface area contributed by atoms with Crippen LogP contribution in [-0.4, -0.2) is 24.8 Å². The Kier molecular flexibility index (Phi) is 13.0. The molecule has 1 aromatic carbocycles. The monoisotopic (exact) mass is 291 g/mol. The van der Waals surface area contributed by atoms with Gasteiger partial charge in [0.05, 0.1) is 10.0 Å². The predicted molar refractivity (Wildman–Crippen MR) is 80.6 cm³/mol. The molecule has 1 aromatic rings. The molecule has 0 aliphatic heterocycles. The quantitative estimate of drug-likeness (QED) is 0.740. The van der Waals surface area contributed by atoms with Gasteiger partial charge in [0, 0.05) is 6.61 Å². The van der Waals surface area contributed by atoms with Crippen molar-refractivity contribution in [2.24, 2.45) is 0 Å². The summed E-state index contributed by atoms with van der Waals surface area (Å²) in [5, 5.41) is 13.0. The summed E-state index contributed by atoms with van der Waals surface area (Å²) < 4.78 is 0. The van der Waals surface area contributed by atoms with Gasteiger partial charge in [-0.15, -0.1) is 0 Å². The van der Waals surface area contributed by atoms with E-state index in [-0.39, 0.29) is 0 Å². The first kappa shape index (κ1) is 17.7. The van der Waals surface area contributed by atoms with Crippen LogP contribution in [0.5, 0.6) is 0 Å². The molecule has 0 atom stereocenters. The Hall–Kier alpha value is -0.280. The molecule has 0 unspecified atom stereocenters. The van der Waals surface area contributed by atoms with E-state index in [0.717, 1.165) is 25.9 Å². The summed E-state index contributed by atoms with van der Waals surface area (Å²) in [6, 6.07) is 7.19. The molecule has 2 N–H and O–H groups in total. The number of halogens is 2. The summed E-state index contributed by atoms with van der Waals surface area (Å²) >= 11 is 11.2. The molecule has 0 spiro atoms. The molecule has 0 saturated heterocycles. The second-order valence-corrected chi connectivity index (χ2v) is 4.76. The normalized spacial score (nSPS) is 9.78. The highest BCUT2D eigenvalue weighted by atomic mass is 35.5. The van der Waals surface area contributed by atoms with E-state index in [2.05, 4.69) is 12.2 Å². The lowest BCUT2D eigenvalue weighted by Crippen LogP contribution is -2.16. The largest absolute Gasteiger partial charge is 0.396 e. The van der Waals surface area contributed by atoms with Crippen LogP contribution in [0.15, 0.2) is 24.3 Å². The van der Waals surface area contributed by atoms with Crippen molar-refractivity contribution in [3.05, 3.63) is 34.3 Å². The van der Waals surface area contributed by atoms with Gasteiger partial charge in [0.2, 0.25) is 0 Å². The molecule has 0 aliphatic rings. The minimum absolute atomic E-state index is 0.329. The number of aliphatic hydroxyl groups excluding tert-OH is 1. The van der Waals surface area contributed by atoms with Gasteiger partial charge in [-0.05, 0) is 44.5 Å². The summed E-state index contributed by atoms with van der Waals surface area (Å²) in [6.45, 7) is 4.70. The maximum absolute atomic E-state index is 8.44. The molecule has 0 fully saturated rings. The highest BCUT2D eigenvalue weighted by Crippen LogP contribution is 2.19. The second-order valence-electron chi connectivity index (χ2n) is 3.95. The number of aliphatic hydroxyl groups is 1. The Bertz CT molecular complexity index is 266. The van der Waals surface area contributed by atoms with E-state index in [1.165, 1.54) is 12.8 Å². The fourth-order valence-corrected chi connectivity index (χ4v) is 1.50. The van der Waals surface area contributed by atoms with Gasteiger partial charge < -0.3 is 10.4 Å². The molecule has 4 heteroatoms. The zero-order valence-corrected chi connectivity index (χ0v) is 12.5. The molecule has 1 rings (SSSR count). The summed E-state index contributed by atoms with van der Waals surface area (Å²) in [5.41, 5.74) is 0. The van der Waals surface area contributed by atoms with E-state index < -0.39 is 0 Å². The SMILES string of the molecule is CCCCNCCCCO.Clc1ccccc1Cl. The summed E-state index contributed by atoms with van der Waals surface area (Å²) in [6.07, 6.45) is 4.55. The number of hydrogen-bond donors (Lipinski definition) is 2. The highest BCUT2D eigenvalue weighted by Gasteiger charge is 1.89. The van der Waals surface area contributed by atoms with Crippen molar-refractivity contribution in [2.45, 2.75) is 32.6 Å². The summed E-state index contributed by atoms with van der Waals surface area (Å²) in [4.78, 5) is 0. The third-order valence-electron chi connectivity index (χ3n) is 2.29. The van der Waals surface area contributed by atoms with E-state index in [0.29, 0.717) is 16.7 Å². The standard InChI is InChI=1S/C8H19NO.C6H4Cl2/c1-2-3-6-9-7-4-5-8-10;7-5-3-1-2-4-6(5)8/h9-10H,2-8H2,1H3;1-4H. The Morgan fingerprint density at radius 1 is 1.00 bits per heavy atom. The predicted octanol–water partition coefficient (Wildman–Crippen LogP) is 4.14. The molecule has 104 valence electrons. The lowest BCUT2D eigenvalue weighted by Gasteiger charge is -2.01. The smallest absolute Gasteiger partial charge is 0.0592 e. The Morgan fingerprint density at radius 2 is 1.56 bits per heavy atom. The van der Waals surface area contributed by atoms with E-state index in [9.17, 15) is 0 Å². The van der Waals surface area contributed by atoms with Crippen LogP contribution in [0.3, 0.4) is 0 Å². The average Bonchev–Trinajstić information content (AvgIpc) is 2.38. The van der Waals surface area contributed by atoms with Gasteiger partial charge in [-0.2, -0.15) is 0 Å². The van der Waals surface area contributed by atoms with Gasteiger partial charge in [-0.25, -0.2) is 0 Å². The van der Waals surface area contributed by atoms with Gasteiger partial charge in [-0.3, -0.25) is 0 Å². The number of unbranched alkanes of at least 4 members (excludes halogenated alkanes) is 2. The van der Waals surface area contributed by atoms with Crippen molar-refractivity contribution in [1.29, 1.82) is 0 Å². The zero-order chi connectivity index (χ0) is 13.6. The molecule has 2 nitrogen and oxygen atoms in total. The number of hydrogen-bond acceptors (Lipinski definition) is 2. The third-order valence-corrected chi connectivity index (χ3v) is 3.05. The van der Waals surface area contributed by atoms with Crippen LogP contribution >= 0.6 is 23.2 Å². The lowest BCUT2D eigenvalue weighted by molar-refractivity contribution is 0.283. The van der Waals surface area contributed by atoms with Crippen molar-refractivity contribution in [2.75, 3.05) is 19.7 Å². The average molecular weight is 292 g/mol. The molecule has 0 radical (unpaired) electrons. The molecule has 0 aromatic heterocycles. The van der Waals surface area contributed by atoms with E-state index in [1.54, 1.807) is 12.1 Å². The van der Waals surface area contributed by atoms with Crippen molar-refractivity contribution >= 4 is 23.2 Å². The Balaban J connectivity index is 0.000000327. The minimum atomic E-state index is 0.329. The maximum atomic E-state index is 8.44. The molecule has 0 aliphatic carbocycles. The third kappa shape index (κ3) is 10.8. The lowest BCUT2D eigenvalue weighted by atomic mass is 10.3. The number of nitrogens with one attached hydrogen (secondary N) is 1. The van der Waals surface area contributed by atoms with Crippen molar-refractivity contribution < 1.29 is 5.11 Å². The molecule has 0 bridgehead atoms. The fourth-order valence-electron chi connectivity index (χ4n) is 1.23. The number of rotatable bonds is 7. The molecular formula is C14H23Cl2NO. The van der Waals surface area contributed by atoms with Crippen LogP contribution in [0.4, 0.5) is 0 Å². The van der Waals surface area contributed by atoms with Crippen LogP contribution in [0, 0.1) is 0 Å². The van der Waals surface area contributed by atoms with Gasteiger partial charge in [0.25, 0.3) is 0 Å². The van der Waals surface area contributed by atoms with E-state index in [1.807, 2.05) is 12.1 Å². The van der Waals surface area contributed by atoms with E-state index in [4.69, 9.17) is 28.3 Å². The van der Waals surface area contributed by atoms with Crippen LogP contribution in [0.1, 0.15) is 32.6 Å². The first-order valence-corrected chi connectivity index (χ1v) is 7.19. The van der Waals surface area contributed by atoms with Crippen LogP contribution < -0.4 is 5.32 Å². The van der Waals surface area contributed by atoms with Crippen molar-refractivity contribution in [1.82, 2.24) is 5.32 Å². The Labute approximate surface area is 120 Å². The summed E-state index contributed by atoms with van der Waals surface area (Å²) in [5.74, 6) is 0. The van der Waals surface area contributed by atoms with Gasteiger partial charge in [-0.1, -0.05) is 48.7 Å². The fraction of sp³-hybridized carbons (Fsp3) is 0.571. The molecule has 0 amide bonds. The van der Waals surface area contributed by atoms with Crippen LogP contribution in [0.2, 0.25) is 10.0 Å². The van der Waals surface area contributed by atoms with Crippen LogP contribution in [-0.2, 0) is 0 Å². The first-order chi connectivity index (χ1) is 8.72. The topological polar surface area (TPSA) is 32.3 Å². The Morgan fingerprint density at radius 3 is 2.00 bits per heavy atom. The molecule has 18 heavy (non-hydrogen) atoms. The second kappa shape index (κ2) is 13.2. The van der Waals surface area contributed by atoms with Gasteiger partial charge >= 0.3 is 0 Å². The maximum Gasteiger partial charge on any atom is 0.0592 e.